The second-order valence-electron chi connectivity index (χ2n) is 4.64. The molecule has 0 saturated carbocycles. The van der Waals surface area contributed by atoms with E-state index in [1.807, 2.05) is 0 Å². The summed E-state index contributed by atoms with van der Waals surface area (Å²) in [6.07, 6.45) is 1.27. The van der Waals surface area contributed by atoms with Gasteiger partial charge >= 0.3 is 5.97 Å². The number of rotatable bonds is 6. The van der Waals surface area contributed by atoms with E-state index in [0.717, 1.165) is 19.4 Å². The largest absolute Gasteiger partial charge is 0.480 e. The van der Waals surface area contributed by atoms with E-state index in [1.54, 1.807) is 0 Å². The van der Waals surface area contributed by atoms with Gasteiger partial charge in [0, 0.05) is 0 Å². The van der Waals surface area contributed by atoms with E-state index in [0.29, 0.717) is 0 Å². The average Bonchev–Trinajstić information content (AvgIpc) is 3.08. The molecule has 1 aliphatic rings. The Labute approximate surface area is 119 Å². The molecule has 0 aliphatic carbocycles. The molecule has 1 unspecified atom stereocenters. The first-order valence-electron chi connectivity index (χ1n) is 6.36. The molecule has 10 nitrogen and oxygen atoms in total. The lowest BCUT2D eigenvalue weighted by atomic mass is 10.2. The van der Waals surface area contributed by atoms with Gasteiger partial charge in [-0.1, -0.05) is 5.16 Å². The molecule has 1 saturated heterocycles. The van der Waals surface area contributed by atoms with Gasteiger partial charge in [-0.3, -0.25) is 9.59 Å². The van der Waals surface area contributed by atoms with Crippen LogP contribution in [0.3, 0.4) is 0 Å². The van der Waals surface area contributed by atoms with Crippen LogP contribution in [0.5, 0.6) is 0 Å². The SMILES string of the molecule is NC(=O)C[C@@H](NC(=O)c1noc(C2CCCN2)n1)C(=O)O. The number of carbonyl (C=O) groups is 3. The highest BCUT2D eigenvalue weighted by atomic mass is 16.5. The topological polar surface area (TPSA) is 160 Å². The summed E-state index contributed by atoms with van der Waals surface area (Å²) >= 11 is 0. The van der Waals surface area contributed by atoms with Crippen molar-refractivity contribution in [2.24, 2.45) is 5.73 Å². The highest BCUT2D eigenvalue weighted by Gasteiger charge is 2.27. The molecule has 0 aromatic carbocycles. The molecule has 2 amide bonds. The van der Waals surface area contributed by atoms with Gasteiger partial charge in [-0.2, -0.15) is 4.98 Å². The summed E-state index contributed by atoms with van der Waals surface area (Å²) in [5.74, 6) is -3.06. The maximum atomic E-state index is 11.8. The molecule has 0 spiro atoms. The zero-order valence-electron chi connectivity index (χ0n) is 11.0. The van der Waals surface area contributed by atoms with Crippen LogP contribution in [0, 0.1) is 0 Å². The number of aliphatic carboxylic acids is 1. The second kappa shape index (κ2) is 6.31. The van der Waals surface area contributed by atoms with Crippen LogP contribution in [-0.4, -0.2) is 45.6 Å². The number of nitrogens with one attached hydrogen (secondary N) is 2. The van der Waals surface area contributed by atoms with Crippen molar-refractivity contribution < 1.29 is 24.0 Å². The summed E-state index contributed by atoms with van der Waals surface area (Å²) in [6, 6.07) is -1.53. The fourth-order valence-corrected chi connectivity index (χ4v) is 1.99. The van der Waals surface area contributed by atoms with Gasteiger partial charge in [-0.05, 0) is 19.4 Å². The standard InChI is InChI=1S/C11H15N5O5/c12-7(17)4-6(11(19)20)14-9(18)8-15-10(21-16-8)5-2-1-3-13-5/h5-6,13H,1-4H2,(H2,12,17)(H,14,18)(H,19,20)/t5?,6-/m1/s1. The van der Waals surface area contributed by atoms with E-state index in [9.17, 15) is 14.4 Å². The van der Waals surface area contributed by atoms with Gasteiger partial charge in [0.2, 0.25) is 11.8 Å². The third kappa shape index (κ3) is 3.75. The van der Waals surface area contributed by atoms with Crippen LogP contribution < -0.4 is 16.4 Å². The Morgan fingerprint density at radius 3 is 2.86 bits per heavy atom. The first-order chi connectivity index (χ1) is 9.97. The van der Waals surface area contributed by atoms with Crippen LogP contribution in [-0.2, 0) is 9.59 Å². The highest BCUT2D eigenvalue weighted by Crippen LogP contribution is 2.20. The van der Waals surface area contributed by atoms with E-state index in [-0.39, 0.29) is 17.8 Å². The molecular weight excluding hydrogens is 282 g/mol. The van der Waals surface area contributed by atoms with Crippen molar-refractivity contribution in [2.45, 2.75) is 31.3 Å². The molecule has 2 heterocycles. The maximum absolute atomic E-state index is 11.8. The van der Waals surface area contributed by atoms with Gasteiger partial charge < -0.3 is 26.0 Å². The zero-order valence-corrected chi connectivity index (χ0v) is 11.0. The summed E-state index contributed by atoms with van der Waals surface area (Å²) in [6.45, 7) is 0.828. The number of primary amides is 1. The molecular formula is C11H15N5O5. The van der Waals surface area contributed by atoms with Gasteiger partial charge in [-0.25, -0.2) is 4.79 Å². The number of amides is 2. The molecule has 10 heteroatoms. The predicted molar refractivity (Wildman–Crippen MR) is 67.0 cm³/mol. The van der Waals surface area contributed by atoms with Gasteiger partial charge in [0.25, 0.3) is 11.7 Å². The Bertz CT molecular complexity index is 551. The van der Waals surface area contributed by atoms with Gasteiger partial charge in [0.15, 0.2) is 0 Å². The molecule has 2 rings (SSSR count). The molecule has 114 valence electrons. The summed E-state index contributed by atoms with van der Waals surface area (Å²) in [5.41, 5.74) is 4.92. The van der Waals surface area contributed by atoms with E-state index in [4.69, 9.17) is 15.4 Å². The van der Waals surface area contributed by atoms with Gasteiger partial charge in [0.05, 0.1) is 12.5 Å². The number of nitrogens with two attached hydrogens (primary N) is 1. The molecule has 1 fully saturated rings. The van der Waals surface area contributed by atoms with Gasteiger partial charge in [0.1, 0.15) is 6.04 Å². The van der Waals surface area contributed by atoms with Crippen molar-refractivity contribution in [3.8, 4) is 0 Å². The fraction of sp³-hybridized carbons (Fsp3) is 0.545. The molecule has 1 aliphatic heterocycles. The Hall–Kier alpha value is -2.49. The molecule has 1 aromatic rings. The normalized spacial score (nSPS) is 19.1. The number of carboxylic acid groups (broad SMARTS) is 1. The highest BCUT2D eigenvalue weighted by molar-refractivity contribution is 5.94. The number of hydrogen-bond donors (Lipinski definition) is 4. The molecule has 0 radical (unpaired) electrons. The minimum atomic E-state index is -1.43. The lowest BCUT2D eigenvalue weighted by Gasteiger charge is -2.10. The molecule has 1 aromatic heterocycles. The minimum absolute atomic E-state index is 0.0973. The molecule has 21 heavy (non-hydrogen) atoms. The molecule has 5 N–H and O–H groups in total. The monoisotopic (exact) mass is 297 g/mol. The first-order valence-corrected chi connectivity index (χ1v) is 6.36. The second-order valence-corrected chi connectivity index (χ2v) is 4.64. The lowest BCUT2D eigenvalue weighted by molar-refractivity contribution is -0.140. The van der Waals surface area contributed by atoms with Crippen molar-refractivity contribution >= 4 is 17.8 Å². The molecule has 0 bridgehead atoms. The number of carboxylic acids is 1. The Morgan fingerprint density at radius 1 is 1.52 bits per heavy atom. The quantitative estimate of drug-likeness (QED) is 0.496. The van der Waals surface area contributed by atoms with Crippen molar-refractivity contribution in [2.75, 3.05) is 6.54 Å². The summed E-state index contributed by atoms with van der Waals surface area (Å²) in [4.78, 5) is 37.4. The summed E-state index contributed by atoms with van der Waals surface area (Å²) in [7, 11) is 0. The number of nitrogens with zero attached hydrogens (tertiary/aromatic N) is 2. The van der Waals surface area contributed by atoms with Crippen molar-refractivity contribution in [3.05, 3.63) is 11.7 Å². The van der Waals surface area contributed by atoms with Crippen molar-refractivity contribution in [1.29, 1.82) is 0 Å². The van der Waals surface area contributed by atoms with E-state index in [1.165, 1.54) is 0 Å². The fourth-order valence-electron chi connectivity index (χ4n) is 1.99. The third-order valence-corrected chi connectivity index (χ3v) is 3.01. The average molecular weight is 297 g/mol. The smallest absolute Gasteiger partial charge is 0.326 e. The summed E-state index contributed by atoms with van der Waals surface area (Å²) in [5, 5.41) is 17.7. The summed E-state index contributed by atoms with van der Waals surface area (Å²) < 4.78 is 4.97. The van der Waals surface area contributed by atoms with Crippen LogP contribution in [0.2, 0.25) is 0 Å². The third-order valence-electron chi connectivity index (χ3n) is 3.01. The lowest BCUT2D eigenvalue weighted by Crippen LogP contribution is -2.43. The van der Waals surface area contributed by atoms with Crippen LogP contribution in [0.4, 0.5) is 0 Å². The number of aromatic nitrogens is 2. The van der Waals surface area contributed by atoms with Gasteiger partial charge in [-0.15, -0.1) is 0 Å². The van der Waals surface area contributed by atoms with E-state index in [2.05, 4.69) is 20.8 Å². The Balaban J connectivity index is 2.01. The Kier molecular flexibility index (Phi) is 4.48. The van der Waals surface area contributed by atoms with Crippen molar-refractivity contribution in [1.82, 2.24) is 20.8 Å². The predicted octanol–water partition coefficient (Wildman–Crippen LogP) is -1.45. The van der Waals surface area contributed by atoms with Crippen LogP contribution >= 0.6 is 0 Å². The van der Waals surface area contributed by atoms with E-state index >= 15 is 0 Å². The maximum Gasteiger partial charge on any atom is 0.326 e. The molecule has 2 atom stereocenters. The van der Waals surface area contributed by atoms with Crippen molar-refractivity contribution in [3.63, 3.8) is 0 Å². The number of hydrogen-bond acceptors (Lipinski definition) is 7. The minimum Gasteiger partial charge on any atom is -0.480 e. The van der Waals surface area contributed by atoms with Crippen LogP contribution in [0.25, 0.3) is 0 Å². The van der Waals surface area contributed by atoms with Crippen LogP contribution in [0.1, 0.15) is 41.8 Å². The Morgan fingerprint density at radius 2 is 2.29 bits per heavy atom. The van der Waals surface area contributed by atoms with Crippen LogP contribution in [0.15, 0.2) is 4.52 Å². The number of carbonyl (C=O) groups excluding carboxylic acids is 2. The zero-order chi connectivity index (χ0) is 15.4. The first kappa shape index (κ1) is 14.9. The van der Waals surface area contributed by atoms with E-state index < -0.39 is 30.2 Å².